The Hall–Kier alpha value is -1.47. The zero-order chi connectivity index (χ0) is 11.9. The maximum Gasteiger partial charge on any atom is 0.333 e. The molecule has 0 amide bonds. The number of hydrogen-bond acceptors (Lipinski definition) is 5. The third kappa shape index (κ3) is 1.57. The number of aliphatic carboxylic acids is 1. The third-order valence-electron chi connectivity index (χ3n) is 2.81. The molecule has 0 aliphatic heterocycles. The van der Waals surface area contributed by atoms with Crippen LogP contribution in [0.25, 0.3) is 0 Å². The van der Waals surface area contributed by atoms with Gasteiger partial charge in [0.05, 0.1) is 4.92 Å². The van der Waals surface area contributed by atoms with Gasteiger partial charge in [-0.25, -0.2) is 4.79 Å². The maximum atomic E-state index is 10.7. The van der Waals surface area contributed by atoms with E-state index < -0.39 is 22.4 Å². The monoisotopic (exact) mass is 243 g/mol. The second-order valence-corrected chi connectivity index (χ2v) is 4.85. The smallest absolute Gasteiger partial charge is 0.333 e. The van der Waals surface area contributed by atoms with Crippen molar-refractivity contribution < 1.29 is 19.9 Å². The molecule has 16 heavy (non-hydrogen) atoms. The highest BCUT2D eigenvalue weighted by Gasteiger charge is 2.54. The van der Waals surface area contributed by atoms with Crippen LogP contribution in [0, 0.1) is 10.1 Å². The summed E-state index contributed by atoms with van der Waals surface area (Å²) in [6.45, 7) is 0. The number of aliphatic hydroxyl groups is 1. The number of thiophene rings is 1. The molecule has 1 aromatic heterocycles. The summed E-state index contributed by atoms with van der Waals surface area (Å²) in [5.74, 6) is -1.28. The first kappa shape index (κ1) is 11.0. The van der Waals surface area contributed by atoms with Crippen LogP contribution in [0.2, 0.25) is 0 Å². The second-order valence-electron chi connectivity index (χ2n) is 3.79. The van der Waals surface area contributed by atoms with Crippen molar-refractivity contribution >= 4 is 22.3 Å². The van der Waals surface area contributed by atoms with Crippen molar-refractivity contribution in [3.8, 4) is 0 Å². The van der Waals surface area contributed by atoms with Gasteiger partial charge >= 0.3 is 11.0 Å². The molecule has 86 valence electrons. The van der Waals surface area contributed by atoms with E-state index >= 15 is 0 Å². The van der Waals surface area contributed by atoms with E-state index in [4.69, 9.17) is 5.11 Å². The van der Waals surface area contributed by atoms with E-state index in [1.807, 2.05) is 0 Å². The van der Waals surface area contributed by atoms with Crippen molar-refractivity contribution in [3.63, 3.8) is 0 Å². The highest BCUT2D eigenvalue weighted by atomic mass is 32.1. The average Bonchev–Trinajstić information content (AvgIpc) is 2.87. The Morgan fingerprint density at radius 3 is 2.56 bits per heavy atom. The summed E-state index contributed by atoms with van der Waals surface area (Å²) in [6, 6.07) is 2.87. The molecule has 0 radical (unpaired) electrons. The van der Waals surface area contributed by atoms with Gasteiger partial charge in [-0.1, -0.05) is 11.3 Å². The standard InChI is InChI=1S/C9H9NO5S/c11-7(8(12)13)9(3-4-9)5-1-2-6(16-5)10(14)15/h1-2,7,11H,3-4H2,(H,12,13). The summed E-state index contributed by atoms with van der Waals surface area (Å²) in [4.78, 5) is 21.3. The van der Waals surface area contributed by atoms with Crippen molar-refractivity contribution in [1.29, 1.82) is 0 Å². The lowest BCUT2D eigenvalue weighted by Crippen LogP contribution is -2.33. The van der Waals surface area contributed by atoms with Crippen LogP contribution in [-0.2, 0) is 10.2 Å². The molecule has 6 nitrogen and oxygen atoms in total. The highest BCUT2D eigenvalue weighted by molar-refractivity contribution is 7.15. The van der Waals surface area contributed by atoms with Gasteiger partial charge in [0.15, 0.2) is 6.10 Å². The molecular weight excluding hydrogens is 234 g/mol. The number of carbonyl (C=O) groups is 1. The molecule has 0 bridgehead atoms. The Bertz CT molecular complexity index is 451. The molecule has 2 rings (SSSR count). The predicted molar refractivity (Wildman–Crippen MR) is 55.5 cm³/mol. The van der Waals surface area contributed by atoms with Gasteiger partial charge in [-0.05, 0) is 18.9 Å². The van der Waals surface area contributed by atoms with Gasteiger partial charge in [0.1, 0.15) is 0 Å². The number of aliphatic hydroxyl groups excluding tert-OH is 1. The Morgan fingerprint density at radius 1 is 1.56 bits per heavy atom. The minimum atomic E-state index is -1.48. The van der Waals surface area contributed by atoms with Crippen molar-refractivity contribution in [2.24, 2.45) is 0 Å². The SMILES string of the molecule is O=C(O)C(O)C1(c2ccc([N+](=O)[O-])s2)CC1. The van der Waals surface area contributed by atoms with Crippen molar-refractivity contribution in [1.82, 2.24) is 0 Å². The van der Waals surface area contributed by atoms with Crippen molar-refractivity contribution in [3.05, 3.63) is 27.1 Å². The third-order valence-corrected chi connectivity index (χ3v) is 4.07. The summed E-state index contributed by atoms with van der Waals surface area (Å²) in [5, 5.41) is 28.8. The van der Waals surface area contributed by atoms with Crippen LogP contribution in [-0.4, -0.2) is 27.2 Å². The van der Waals surface area contributed by atoms with Crippen LogP contribution in [0.4, 0.5) is 5.00 Å². The Morgan fingerprint density at radius 2 is 2.19 bits per heavy atom. The first-order chi connectivity index (χ1) is 7.47. The molecule has 1 atom stereocenters. The number of carboxylic acids is 1. The quantitative estimate of drug-likeness (QED) is 0.609. The zero-order valence-electron chi connectivity index (χ0n) is 8.12. The lowest BCUT2D eigenvalue weighted by Gasteiger charge is -2.16. The summed E-state index contributed by atoms with van der Waals surface area (Å²) in [6.07, 6.45) is -0.373. The Kier molecular flexibility index (Phi) is 2.43. The minimum Gasteiger partial charge on any atom is -0.479 e. The van der Waals surface area contributed by atoms with E-state index in [2.05, 4.69) is 0 Å². The number of nitro groups is 1. The normalized spacial score (nSPS) is 19.1. The fourth-order valence-electron chi connectivity index (χ4n) is 1.72. The summed E-state index contributed by atoms with van der Waals surface area (Å²) >= 11 is 0.934. The molecule has 0 spiro atoms. The van der Waals surface area contributed by atoms with Crippen molar-refractivity contribution in [2.45, 2.75) is 24.4 Å². The summed E-state index contributed by atoms with van der Waals surface area (Å²) in [5.41, 5.74) is -0.801. The Balaban J connectivity index is 2.30. The molecule has 1 saturated carbocycles. The zero-order valence-corrected chi connectivity index (χ0v) is 8.94. The number of carboxylic acid groups (broad SMARTS) is 1. The number of hydrogen-bond donors (Lipinski definition) is 2. The van der Waals surface area contributed by atoms with E-state index in [9.17, 15) is 20.0 Å². The molecule has 1 heterocycles. The minimum absolute atomic E-state index is 0.0288. The van der Waals surface area contributed by atoms with E-state index in [1.165, 1.54) is 12.1 Å². The largest absolute Gasteiger partial charge is 0.479 e. The topological polar surface area (TPSA) is 101 Å². The molecule has 0 saturated heterocycles. The van der Waals surface area contributed by atoms with Crippen LogP contribution in [0.5, 0.6) is 0 Å². The second kappa shape index (κ2) is 3.53. The molecule has 1 aliphatic carbocycles. The first-order valence-corrected chi connectivity index (χ1v) is 5.44. The molecule has 0 aromatic carbocycles. The predicted octanol–water partition coefficient (Wildman–Crippen LogP) is 1.13. The molecular formula is C9H9NO5S. The fraction of sp³-hybridized carbons (Fsp3) is 0.444. The lowest BCUT2D eigenvalue weighted by atomic mass is 9.97. The highest BCUT2D eigenvalue weighted by Crippen LogP contribution is 2.54. The van der Waals surface area contributed by atoms with Gasteiger partial charge in [-0.2, -0.15) is 0 Å². The van der Waals surface area contributed by atoms with Gasteiger partial charge in [0, 0.05) is 16.4 Å². The van der Waals surface area contributed by atoms with Crippen LogP contribution >= 0.6 is 11.3 Å². The van der Waals surface area contributed by atoms with Crippen LogP contribution in [0.15, 0.2) is 12.1 Å². The van der Waals surface area contributed by atoms with Crippen LogP contribution < -0.4 is 0 Å². The fourth-order valence-corrected chi connectivity index (χ4v) is 2.81. The molecule has 1 unspecified atom stereocenters. The molecule has 2 N–H and O–H groups in total. The van der Waals surface area contributed by atoms with Gasteiger partial charge in [0.2, 0.25) is 0 Å². The van der Waals surface area contributed by atoms with E-state index in [1.54, 1.807) is 0 Å². The molecule has 1 fully saturated rings. The van der Waals surface area contributed by atoms with Crippen LogP contribution in [0.3, 0.4) is 0 Å². The average molecular weight is 243 g/mol. The van der Waals surface area contributed by atoms with Gasteiger partial charge in [-0.15, -0.1) is 0 Å². The lowest BCUT2D eigenvalue weighted by molar-refractivity contribution is -0.380. The molecule has 1 aliphatic rings. The van der Waals surface area contributed by atoms with Crippen LogP contribution in [0.1, 0.15) is 17.7 Å². The first-order valence-electron chi connectivity index (χ1n) is 4.63. The van der Waals surface area contributed by atoms with Gasteiger partial charge in [-0.3, -0.25) is 10.1 Å². The van der Waals surface area contributed by atoms with E-state index in [0.29, 0.717) is 17.7 Å². The van der Waals surface area contributed by atoms with Crippen molar-refractivity contribution in [2.75, 3.05) is 0 Å². The van der Waals surface area contributed by atoms with Gasteiger partial charge in [0.25, 0.3) is 0 Å². The number of rotatable bonds is 4. The molecule has 7 heteroatoms. The molecule has 1 aromatic rings. The number of nitrogens with zero attached hydrogens (tertiary/aromatic N) is 1. The van der Waals surface area contributed by atoms with E-state index in [-0.39, 0.29) is 5.00 Å². The van der Waals surface area contributed by atoms with E-state index in [0.717, 1.165) is 11.3 Å². The summed E-state index contributed by atoms with van der Waals surface area (Å²) in [7, 11) is 0. The van der Waals surface area contributed by atoms with Gasteiger partial charge < -0.3 is 10.2 Å². The Labute approximate surface area is 94.3 Å². The maximum absolute atomic E-state index is 10.7. The summed E-state index contributed by atoms with van der Waals surface area (Å²) < 4.78 is 0.